The maximum atomic E-state index is 13.3. The van der Waals surface area contributed by atoms with E-state index in [9.17, 15) is 9.18 Å². The van der Waals surface area contributed by atoms with E-state index in [0.717, 1.165) is 0 Å². The molecule has 0 fully saturated rings. The minimum absolute atomic E-state index is 0.00911. The van der Waals surface area contributed by atoms with Gasteiger partial charge in [0.15, 0.2) is 5.78 Å². The molecule has 2 aromatic carbocycles. The molecule has 1 aromatic heterocycles. The zero-order valence-electron chi connectivity index (χ0n) is 11.2. The van der Waals surface area contributed by atoms with Crippen LogP contribution in [0.2, 0.25) is 10.0 Å². The topological polar surface area (TPSA) is 32.9 Å². The molecule has 3 rings (SSSR count). The number of carbonyl (C=O) groups is 1. The highest BCUT2D eigenvalue weighted by Gasteiger charge is 2.18. The van der Waals surface area contributed by atoms with Crippen molar-refractivity contribution in [3.63, 3.8) is 0 Å². The Hall–Kier alpha value is -2.10. The monoisotopic (exact) mass is 333 g/mol. The first-order valence-corrected chi connectivity index (χ1v) is 7.25. The second kappa shape index (κ2) is 5.95. The quantitative estimate of drug-likeness (QED) is 0.643. The smallest absolute Gasteiger partial charge is 0.196 e. The van der Waals surface area contributed by atoms with Gasteiger partial charge in [0.1, 0.15) is 5.82 Å². The Labute approximate surface area is 136 Å². The van der Waals surface area contributed by atoms with E-state index in [2.05, 4.69) is 4.98 Å². The van der Waals surface area contributed by atoms with Crippen LogP contribution in [-0.2, 0) is 0 Å². The number of nitrogens with one attached hydrogen (secondary N) is 1. The molecule has 0 spiro atoms. The second-order valence-corrected chi connectivity index (χ2v) is 5.53. The Kier molecular flexibility index (Phi) is 4.01. The van der Waals surface area contributed by atoms with Gasteiger partial charge in [0.05, 0.1) is 10.0 Å². The van der Waals surface area contributed by atoms with E-state index < -0.39 is 5.82 Å². The lowest BCUT2D eigenvalue weighted by Gasteiger charge is -2.06. The molecule has 110 valence electrons. The molecule has 0 saturated carbocycles. The molecule has 0 aliphatic heterocycles. The van der Waals surface area contributed by atoms with Gasteiger partial charge >= 0.3 is 0 Å². The molecule has 0 atom stereocenters. The van der Waals surface area contributed by atoms with Crippen LogP contribution in [0.3, 0.4) is 0 Å². The van der Waals surface area contributed by atoms with Crippen LogP contribution in [0.4, 0.5) is 4.39 Å². The summed E-state index contributed by atoms with van der Waals surface area (Å²) in [6.45, 7) is 0. The molecular weight excluding hydrogens is 324 g/mol. The van der Waals surface area contributed by atoms with Gasteiger partial charge in [-0.05, 0) is 29.8 Å². The summed E-state index contributed by atoms with van der Waals surface area (Å²) in [6, 6.07) is 11.2. The number of benzene rings is 2. The molecule has 0 aliphatic carbocycles. The number of ketones is 1. The average Bonchev–Trinajstić information content (AvgIpc) is 2.99. The van der Waals surface area contributed by atoms with E-state index in [4.69, 9.17) is 23.2 Å². The Bertz CT molecular complexity index is 857. The molecule has 1 heterocycles. The SMILES string of the molecule is O=C(c1ccccc1Cl)c1c[nH]cc1-c1ccc(F)c(Cl)c1. The van der Waals surface area contributed by atoms with Crippen LogP contribution in [0.5, 0.6) is 0 Å². The van der Waals surface area contributed by atoms with Crippen LogP contribution >= 0.6 is 23.2 Å². The summed E-state index contributed by atoms with van der Waals surface area (Å²) < 4.78 is 13.3. The summed E-state index contributed by atoms with van der Waals surface area (Å²) >= 11 is 11.9. The maximum absolute atomic E-state index is 13.3. The highest BCUT2D eigenvalue weighted by Crippen LogP contribution is 2.30. The summed E-state index contributed by atoms with van der Waals surface area (Å²) in [5.74, 6) is -0.706. The van der Waals surface area contributed by atoms with Crippen molar-refractivity contribution in [2.45, 2.75) is 0 Å². The fourth-order valence-corrected chi connectivity index (χ4v) is 2.65. The highest BCUT2D eigenvalue weighted by atomic mass is 35.5. The van der Waals surface area contributed by atoms with E-state index >= 15 is 0 Å². The molecule has 0 aliphatic rings. The first kappa shape index (κ1) is 14.8. The van der Waals surface area contributed by atoms with Gasteiger partial charge in [-0.1, -0.05) is 41.4 Å². The third-order valence-corrected chi connectivity index (χ3v) is 3.96. The van der Waals surface area contributed by atoms with Crippen molar-refractivity contribution < 1.29 is 9.18 Å². The summed E-state index contributed by atoms with van der Waals surface area (Å²) in [7, 11) is 0. The second-order valence-electron chi connectivity index (χ2n) is 4.72. The van der Waals surface area contributed by atoms with Gasteiger partial charge in [-0.15, -0.1) is 0 Å². The minimum Gasteiger partial charge on any atom is -0.366 e. The first-order valence-electron chi connectivity index (χ1n) is 6.49. The summed E-state index contributed by atoms with van der Waals surface area (Å²) in [5, 5.41) is 0.395. The lowest BCUT2D eigenvalue weighted by molar-refractivity contribution is 0.103. The van der Waals surface area contributed by atoms with Crippen LogP contribution in [0.15, 0.2) is 54.9 Å². The lowest BCUT2D eigenvalue weighted by atomic mass is 9.98. The van der Waals surface area contributed by atoms with Crippen molar-refractivity contribution in [1.82, 2.24) is 4.98 Å². The molecule has 3 aromatic rings. The van der Waals surface area contributed by atoms with Crippen LogP contribution in [-0.4, -0.2) is 10.8 Å². The van der Waals surface area contributed by atoms with Crippen molar-refractivity contribution in [3.05, 3.63) is 81.8 Å². The summed E-state index contributed by atoms with van der Waals surface area (Å²) in [5.41, 5.74) is 2.17. The van der Waals surface area contributed by atoms with E-state index in [-0.39, 0.29) is 10.8 Å². The van der Waals surface area contributed by atoms with Gasteiger partial charge in [-0.25, -0.2) is 4.39 Å². The third kappa shape index (κ3) is 2.65. The van der Waals surface area contributed by atoms with Gasteiger partial charge in [-0.2, -0.15) is 0 Å². The number of aromatic amines is 1. The predicted molar refractivity (Wildman–Crippen MR) is 86.1 cm³/mol. The van der Waals surface area contributed by atoms with E-state index in [1.54, 1.807) is 42.7 Å². The predicted octanol–water partition coefficient (Wildman–Crippen LogP) is 5.36. The Morgan fingerprint density at radius 3 is 2.45 bits per heavy atom. The number of aromatic nitrogens is 1. The maximum Gasteiger partial charge on any atom is 0.196 e. The minimum atomic E-state index is -0.500. The average molecular weight is 334 g/mol. The van der Waals surface area contributed by atoms with Crippen LogP contribution < -0.4 is 0 Å². The van der Waals surface area contributed by atoms with Crippen molar-refractivity contribution in [2.75, 3.05) is 0 Å². The highest BCUT2D eigenvalue weighted by molar-refractivity contribution is 6.35. The van der Waals surface area contributed by atoms with Crippen molar-refractivity contribution >= 4 is 29.0 Å². The first-order chi connectivity index (χ1) is 10.6. The van der Waals surface area contributed by atoms with Crippen LogP contribution in [0.25, 0.3) is 11.1 Å². The Morgan fingerprint density at radius 2 is 1.73 bits per heavy atom. The normalized spacial score (nSPS) is 10.7. The molecule has 0 saturated heterocycles. The van der Waals surface area contributed by atoms with Gasteiger partial charge in [0, 0.05) is 29.1 Å². The number of H-pyrrole nitrogens is 1. The molecule has 1 N–H and O–H groups in total. The van der Waals surface area contributed by atoms with E-state index in [1.165, 1.54) is 12.1 Å². The van der Waals surface area contributed by atoms with E-state index in [1.807, 2.05) is 0 Å². The number of halogens is 3. The zero-order valence-corrected chi connectivity index (χ0v) is 12.8. The summed E-state index contributed by atoms with van der Waals surface area (Å²) in [6.07, 6.45) is 3.27. The molecule has 0 unspecified atom stereocenters. The molecule has 0 bridgehead atoms. The van der Waals surface area contributed by atoms with Crippen LogP contribution in [0, 0.1) is 5.82 Å². The number of rotatable bonds is 3. The van der Waals surface area contributed by atoms with Gasteiger partial charge in [-0.3, -0.25) is 4.79 Å². The largest absolute Gasteiger partial charge is 0.366 e. The van der Waals surface area contributed by atoms with Crippen LogP contribution in [0.1, 0.15) is 15.9 Å². The number of hydrogen-bond donors (Lipinski definition) is 1. The number of carbonyl (C=O) groups excluding carboxylic acids is 1. The lowest BCUT2D eigenvalue weighted by Crippen LogP contribution is -2.02. The summed E-state index contributed by atoms with van der Waals surface area (Å²) in [4.78, 5) is 15.6. The van der Waals surface area contributed by atoms with Gasteiger partial charge < -0.3 is 4.98 Å². The van der Waals surface area contributed by atoms with Gasteiger partial charge in [0.25, 0.3) is 0 Å². The molecule has 0 radical (unpaired) electrons. The third-order valence-electron chi connectivity index (χ3n) is 3.34. The zero-order chi connectivity index (χ0) is 15.7. The number of hydrogen-bond acceptors (Lipinski definition) is 1. The molecule has 22 heavy (non-hydrogen) atoms. The fraction of sp³-hybridized carbons (Fsp3) is 0. The standard InChI is InChI=1S/C17H10Cl2FNO/c18-14-4-2-1-3-11(14)17(22)13-9-21-8-12(13)10-5-6-16(20)15(19)7-10/h1-9,21H. The Balaban J connectivity index is 2.07. The van der Waals surface area contributed by atoms with Gasteiger partial charge in [0.2, 0.25) is 0 Å². The van der Waals surface area contributed by atoms with E-state index in [0.29, 0.717) is 27.3 Å². The molecule has 5 heteroatoms. The Morgan fingerprint density at radius 1 is 0.955 bits per heavy atom. The molecule has 0 amide bonds. The van der Waals surface area contributed by atoms with Crippen molar-refractivity contribution in [1.29, 1.82) is 0 Å². The fourth-order valence-electron chi connectivity index (χ4n) is 2.24. The molecule has 2 nitrogen and oxygen atoms in total. The molecular formula is C17H10Cl2FNO. The van der Waals surface area contributed by atoms with Crippen molar-refractivity contribution in [3.8, 4) is 11.1 Å². The van der Waals surface area contributed by atoms with Crippen molar-refractivity contribution in [2.24, 2.45) is 0 Å².